The first-order valence-electron chi connectivity index (χ1n) is 5.31. The lowest BCUT2D eigenvalue weighted by Crippen LogP contribution is -2.08. The van der Waals surface area contributed by atoms with Gasteiger partial charge in [-0.15, -0.1) is 11.8 Å². The van der Waals surface area contributed by atoms with Crippen molar-refractivity contribution in [3.05, 3.63) is 29.3 Å². The molecule has 0 aliphatic carbocycles. The molecule has 0 aliphatic heterocycles. The third-order valence-corrected chi connectivity index (χ3v) is 3.43. The van der Waals surface area contributed by atoms with E-state index in [4.69, 9.17) is 5.26 Å². The van der Waals surface area contributed by atoms with Crippen LogP contribution in [0.3, 0.4) is 0 Å². The molecule has 0 radical (unpaired) electrons. The molecule has 0 N–H and O–H groups in total. The number of rotatable bonds is 4. The van der Waals surface area contributed by atoms with Crippen molar-refractivity contribution >= 4 is 17.7 Å². The molecule has 90 valence electrons. The van der Waals surface area contributed by atoms with Crippen LogP contribution in [0.2, 0.25) is 0 Å². The molecule has 0 fully saturated rings. The van der Waals surface area contributed by atoms with Gasteiger partial charge in [-0.05, 0) is 30.7 Å². The van der Waals surface area contributed by atoms with Crippen molar-refractivity contribution in [1.29, 1.82) is 5.26 Å². The predicted octanol–water partition coefficient (Wildman–Crippen LogP) is 2.91. The summed E-state index contributed by atoms with van der Waals surface area (Å²) in [6, 6.07) is 7.82. The van der Waals surface area contributed by atoms with E-state index in [0.717, 1.165) is 10.5 Å². The smallest absolute Gasteiger partial charge is 0.306 e. The molecule has 1 atom stereocenters. The summed E-state index contributed by atoms with van der Waals surface area (Å²) in [5.74, 6) is -0.199. The molecule has 0 aliphatic rings. The molecular weight excluding hydrogens is 234 g/mol. The molecule has 0 heterocycles. The van der Waals surface area contributed by atoms with Crippen molar-refractivity contribution in [2.24, 2.45) is 0 Å². The van der Waals surface area contributed by atoms with Crippen LogP contribution in [0.1, 0.15) is 24.5 Å². The number of esters is 1. The van der Waals surface area contributed by atoms with E-state index >= 15 is 0 Å². The molecule has 17 heavy (non-hydrogen) atoms. The maximum absolute atomic E-state index is 11.1. The van der Waals surface area contributed by atoms with Gasteiger partial charge in [-0.25, -0.2) is 0 Å². The minimum atomic E-state index is -0.199. The van der Waals surface area contributed by atoms with Gasteiger partial charge in [0.05, 0.1) is 25.2 Å². The van der Waals surface area contributed by atoms with E-state index in [1.807, 2.05) is 32.0 Å². The van der Waals surface area contributed by atoms with Gasteiger partial charge in [0.2, 0.25) is 0 Å². The van der Waals surface area contributed by atoms with E-state index in [0.29, 0.717) is 12.0 Å². The zero-order chi connectivity index (χ0) is 12.8. The van der Waals surface area contributed by atoms with Crippen LogP contribution in [0, 0.1) is 18.3 Å². The van der Waals surface area contributed by atoms with Gasteiger partial charge in [0.1, 0.15) is 0 Å². The Bertz CT molecular complexity index is 451. The highest BCUT2D eigenvalue weighted by atomic mass is 32.2. The number of carbonyl (C=O) groups is 1. The Labute approximate surface area is 106 Å². The normalized spacial score (nSPS) is 11.6. The zero-order valence-electron chi connectivity index (χ0n) is 10.2. The van der Waals surface area contributed by atoms with Crippen LogP contribution in [0.4, 0.5) is 0 Å². The Kier molecular flexibility index (Phi) is 5.05. The average molecular weight is 249 g/mol. The molecule has 0 saturated heterocycles. The highest BCUT2D eigenvalue weighted by molar-refractivity contribution is 8.00. The van der Waals surface area contributed by atoms with Gasteiger partial charge in [0.15, 0.2) is 0 Å². The largest absolute Gasteiger partial charge is 0.469 e. The number of carbonyl (C=O) groups excluding carboxylic acids is 1. The fraction of sp³-hybridized carbons (Fsp3) is 0.385. The van der Waals surface area contributed by atoms with E-state index in [1.165, 1.54) is 7.11 Å². The number of nitriles is 1. The van der Waals surface area contributed by atoms with E-state index in [1.54, 1.807) is 11.8 Å². The van der Waals surface area contributed by atoms with Crippen molar-refractivity contribution in [3.63, 3.8) is 0 Å². The lowest BCUT2D eigenvalue weighted by Gasteiger charge is -2.10. The van der Waals surface area contributed by atoms with E-state index in [9.17, 15) is 4.79 Å². The van der Waals surface area contributed by atoms with Gasteiger partial charge in [-0.1, -0.05) is 6.92 Å². The van der Waals surface area contributed by atoms with Crippen molar-refractivity contribution in [3.8, 4) is 6.07 Å². The molecule has 3 nitrogen and oxygen atoms in total. The third-order valence-electron chi connectivity index (χ3n) is 2.34. The molecule has 1 unspecified atom stereocenters. The second kappa shape index (κ2) is 6.31. The SMILES string of the molecule is COC(=O)CC(C)Sc1ccc(C#N)c(C)c1. The average Bonchev–Trinajstić information content (AvgIpc) is 2.29. The Morgan fingerprint density at radius 2 is 2.29 bits per heavy atom. The minimum Gasteiger partial charge on any atom is -0.469 e. The molecule has 0 aromatic heterocycles. The van der Waals surface area contributed by atoms with Crippen LogP contribution in [0.25, 0.3) is 0 Å². The van der Waals surface area contributed by atoms with Crippen LogP contribution < -0.4 is 0 Å². The summed E-state index contributed by atoms with van der Waals surface area (Å²) in [5.41, 5.74) is 1.65. The Hall–Kier alpha value is -1.47. The Morgan fingerprint density at radius 1 is 1.59 bits per heavy atom. The fourth-order valence-electron chi connectivity index (χ4n) is 1.43. The number of ether oxygens (including phenoxy) is 1. The summed E-state index contributed by atoms with van der Waals surface area (Å²) < 4.78 is 4.62. The molecule has 0 saturated carbocycles. The van der Waals surface area contributed by atoms with Crippen LogP contribution in [0.15, 0.2) is 23.1 Å². The van der Waals surface area contributed by atoms with Gasteiger partial charge in [-0.2, -0.15) is 5.26 Å². The van der Waals surface area contributed by atoms with E-state index in [2.05, 4.69) is 10.8 Å². The maximum Gasteiger partial charge on any atom is 0.306 e. The second-order valence-corrected chi connectivity index (χ2v) is 5.31. The Balaban J connectivity index is 2.66. The number of hydrogen-bond acceptors (Lipinski definition) is 4. The summed E-state index contributed by atoms with van der Waals surface area (Å²) in [6.45, 7) is 3.89. The topological polar surface area (TPSA) is 50.1 Å². The number of hydrogen-bond donors (Lipinski definition) is 0. The van der Waals surface area contributed by atoms with Gasteiger partial charge in [0.25, 0.3) is 0 Å². The first kappa shape index (κ1) is 13.6. The summed E-state index contributed by atoms with van der Waals surface area (Å²) in [5, 5.41) is 8.99. The van der Waals surface area contributed by atoms with Crippen LogP contribution >= 0.6 is 11.8 Å². The molecule has 1 aromatic carbocycles. The summed E-state index contributed by atoms with van der Waals surface area (Å²) >= 11 is 1.61. The summed E-state index contributed by atoms with van der Waals surface area (Å²) in [7, 11) is 1.39. The first-order chi connectivity index (χ1) is 8.06. The number of nitrogens with zero attached hydrogens (tertiary/aromatic N) is 1. The summed E-state index contributed by atoms with van der Waals surface area (Å²) in [6.07, 6.45) is 0.389. The van der Waals surface area contributed by atoms with E-state index < -0.39 is 0 Å². The second-order valence-electron chi connectivity index (χ2n) is 3.80. The lowest BCUT2D eigenvalue weighted by molar-refractivity contribution is -0.140. The number of methoxy groups -OCH3 is 1. The fourth-order valence-corrected chi connectivity index (χ4v) is 2.50. The van der Waals surface area contributed by atoms with Gasteiger partial charge < -0.3 is 4.74 Å². The van der Waals surface area contributed by atoms with Gasteiger partial charge >= 0.3 is 5.97 Å². The van der Waals surface area contributed by atoms with Crippen molar-refractivity contribution in [2.75, 3.05) is 7.11 Å². The van der Waals surface area contributed by atoms with Crippen molar-refractivity contribution in [1.82, 2.24) is 0 Å². The third kappa shape index (κ3) is 4.12. The van der Waals surface area contributed by atoms with Crippen LogP contribution in [0.5, 0.6) is 0 Å². The number of thioether (sulfide) groups is 1. The quantitative estimate of drug-likeness (QED) is 0.608. The van der Waals surface area contributed by atoms with Crippen molar-refractivity contribution in [2.45, 2.75) is 30.4 Å². The Morgan fingerprint density at radius 3 is 2.82 bits per heavy atom. The molecule has 1 aromatic rings. The number of benzene rings is 1. The highest BCUT2D eigenvalue weighted by Crippen LogP contribution is 2.27. The molecular formula is C13H15NO2S. The highest BCUT2D eigenvalue weighted by Gasteiger charge is 2.11. The molecule has 0 spiro atoms. The van der Waals surface area contributed by atoms with Crippen LogP contribution in [-0.4, -0.2) is 18.3 Å². The molecule has 0 amide bonds. The van der Waals surface area contributed by atoms with Gasteiger partial charge in [-0.3, -0.25) is 4.79 Å². The number of aryl methyl sites for hydroxylation is 1. The zero-order valence-corrected chi connectivity index (χ0v) is 11.0. The van der Waals surface area contributed by atoms with E-state index in [-0.39, 0.29) is 11.2 Å². The maximum atomic E-state index is 11.1. The molecule has 4 heteroatoms. The molecule has 0 bridgehead atoms. The summed E-state index contributed by atoms with van der Waals surface area (Å²) in [4.78, 5) is 12.2. The predicted molar refractivity (Wildman–Crippen MR) is 67.8 cm³/mol. The standard InChI is InChI=1S/C13H15NO2S/c1-9-6-12(5-4-11(9)8-14)17-10(2)7-13(15)16-3/h4-6,10H,7H2,1-3H3. The first-order valence-corrected chi connectivity index (χ1v) is 6.19. The van der Waals surface area contributed by atoms with Gasteiger partial charge in [0, 0.05) is 10.1 Å². The lowest BCUT2D eigenvalue weighted by atomic mass is 10.1. The molecule has 1 rings (SSSR count). The van der Waals surface area contributed by atoms with Crippen molar-refractivity contribution < 1.29 is 9.53 Å². The van der Waals surface area contributed by atoms with Crippen LogP contribution in [-0.2, 0) is 9.53 Å². The monoisotopic (exact) mass is 249 g/mol. The minimum absolute atomic E-state index is 0.162.